The number of nitrogens with zero attached hydrogens (tertiary/aromatic N) is 1. The first kappa shape index (κ1) is 18.4. The van der Waals surface area contributed by atoms with E-state index in [0.29, 0.717) is 12.7 Å². The minimum atomic E-state index is -0.446. The van der Waals surface area contributed by atoms with E-state index in [9.17, 15) is 5.26 Å². The van der Waals surface area contributed by atoms with Crippen molar-refractivity contribution in [2.75, 3.05) is 13.2 Å². The van der Waals surface area contributed by atoms with E-state index in [0.717, 1.165) is 25.8 Å². The van der Waals surface area contributed by atoms with Gasteiger partial charge in [-0.25, -0.2) is 0 Å². The Morgan fingerprint density at radius 2 is 1.95 bits per heavy atom. The molecule has 0 saturated heterocycles. The maximum atomic E-state index is 9.21. The minimum Gasteiger partial charge on any atom is -0.378 e. The van der Waals surface area contributed by atoms with Gasteiger partial charge in [0.15, 0.2) is 0 Å². The second-order valence-corrected chi connectivity index (χ2v) is 5.65. The lowest BCUT2D eigenvalue weighted by Crippen LogP contribution is -2.42. The molecule has 0 aliphatic carbocycles. The fourth-order valence-electron chi connectivity index (χ4n) is 1.99. The highest BCUT2D eigenvalue weighted by Gasteiger charge is 2.22. The van der Waals surface area contributed by atoms with Crippen molar-refractivity contribution in [3.63, 3.8) is 0 Å². The van der Waals surface area contributed by atoms with Crippen LogP contribution in [0.25, 0.3) is 0 Å². The molecular weight excluding hydrogens is 236 g/mol. The van der Waals surface area contributed by atoms with Crippen LogP contribution in [-0.4, -0.2) is 24.8 Å². The highest BCUT2D eigenvalue weighted by molar-refractivity contribution is 5.03. The van der Waals surface area contributed by atoms with Crippen LogP contribution >= 0.6 is 0 Å². The van der Waals surface area contributed by atoms with Gasteiger partial charge in [0.05, 0.1) is 12.2 Å². The highest BCUT2D eigenvalue weighted by atomic mass is 16.5. The second kappa shape index (κ2) is 11.3. The van der Waals surface area contributed by atoms with Crippen LogP contribution in [0.2, 0.25) is 0 Å². The summed E-state index contributed by atoms with van der Waals surface area (Å²) in [5.41, 5.74) is -0.446. The van der Waals surface area contributed by atoms with Crippen LogP contribution in [0, 0.1) is 11.3 Å². The summed E-state index contributed by atoms with van der Waals surface area (Å²) in [4.78, 5) is 0. The van der Waals surface area contributed by atoms with Crippen molar-refractivity contribution in [2.45, 2.75) is 84.3 Å². The van der Waals surface area contributed by atoms with Crippen molar-refractivity contribution < 1.29 is 4.74 Å². The summed E-state index contributed by atoms with van der Waals surface area (Å²) in [7, 11) is 0. The van der Waals surface area contributed by atoms with E-state index >= 15 is 0 Å². The first-order chi connectivity index (χ1) is 9.08. The molecule has 19 heavy (non-hydrogen) atoms. The molecule has 0 spiro atoms. The summed E-state index contributed by atoms with van der Waals surface area (Å²) in [6.07, 6.45) is 8.39. The third-order valence-corrected chi connectivity index (χ3v) is 3.48. The quantitative estimate of drug-likeness (QED) is 0.543. The van der Waals surface area contributed by atoms with E-state index in [1.165, 1.54) is 25.7 Å². The van der Waals surface area contributed by atoms with Gasteiger partial charge in [-0.05, 0) is 33.2 Å². The zero-order valence-corrected chi connectivity index (χ0v) is 13.3. The molecule has 0 heterocycles. The number of nitrogens with one attached hydrogen (secondary N) is 1. The van der Waals surface area contributed by atoms with Crippen molar-refractivity contribution in [3.8, 4) is 6.07 Å². The lowest BCUT2D eigenvalue weighted by molar-refractivity contribution is 0.0488. The second-order valence-electron chi connectivity index (χ2n) is 5.65. The lowest BCUT2D eigenvalue weighted by atomic mass is 10.0. The molecule has 3 heteroatoms. The van der Waals surface area contributed by atoms with Gasteiger partial charge >= 0.3 is 0 Å². The van der Waals surface area contributed by atoms with Gasteiger partial charge in [-0.1, -0.05) is 39.5 Å². The van der Waals surface area contributed by atoms with Crippen LogP contribution in [0.5, 0.6) is 0 Å². The molecule has 112 valence electrons. The SMILES string of the molecule is CCCCCCC(C)OCCC(C)(C#N)NCCC. The van der Waals surface area contributed by atoms with E-state index in [1.807, 2.05) is 6.92 Å². The molecule has 0 aliphatic heterocycles. The third-order valence-electron chi connectivity index (χ3n) is 3.48. The van der Waals surface area contributed by atoms with Crippen molar-refractivity contribution >= 4 is 0 Å². The Bertz CT molecular complexity index is 250. The summed E-state index contributed by atoms with van der Waals surface area (Å²) in [5, 5.41) is 12.5. The first-order valence-corrected chi connectivity index (χ1v) is 7.85. The zero-order valence-electron chi connectivity index (χ0n) is 13.3. The van der Waals surface area contributed by atoms with Gasteiger partial charge in [-0.15, -0.1) is 0 Å². The summed E-state index contributed by atoms with van der Waals surface area (Å²) in [5.74, 6) is 0. The molecule has 0 aromatic rings. The smallest absolute Gasteiger partial charge is 0.106 e. The Morgan fingerprint density at radius 1 is 1.21 bits per heavy atom. The maximum Gasteiger partial charge on any atom is 0.106 e. The Morgan fingerprint density at radius 3 is 2.53 bits per heavy atom. The number of unbranched alkanes of at least 4 members (excludes halogenated alkanes) is 3. The van der Waals surface area contributed by atoms with Crippen LogP contribution in [0.15, 0.2) is 0 Å². The number of hydrogen-bond donors (Lipinski definition) is 1. The van der Waals surface area contributed by atoms with Crippen LogP contribution in [0.1, 0.15) is 72.6 Å². The molecule has 1 N–H and O–H groups in total. The molecular formula is C16H32N2O. The molecule has 3 nitrogen and oxygen atoms in total. The van der Waals surface area contributed by atoms with Gasteiger partial charge < -0.3 is 4.74 Å². The van der Waals surface area contributed by atoms with Gasteiger partial charge in [-0.2, -0.15) is 5.26 Å². The van der Waals surface area contributed by atoms with E-state index < -0.39 is 5.54 Å². The monoisotopic (exact) mass is 268 g/mol. The normalized spacial score (nSPS) is 15.7. The standard InChI is InChI=1S/C16H32N2O/c1-5-7-8-9-10-15(3)19-13-11-16(4,14-17)18-12-6-2/h15,18H,5-13H2,1-4H3. The van der Waals surface area contributed by atoms with Crippen LogP contribution in [0.4, 0.5) is 0 Å². The topological polar surface area (TPSA) is 45.0 Å². The lowest BCUT2D eigenvalue weighted by Gasteiger charge is -2.24. The van der Waals surface area contributed by atoms with Gasteiger partial charge in [0.1, 0.15) is 5.54 Å². The van der Waals surface area contributed by atoms with Gasteiger partial charge in [-0.3, -0.25) is 5.32 Å². The fourth-order valence-corrected chi connectivity index (χ4v) is 1.99. The summed E-state index contributed by atoms with van der Waals surface area (Å²) >= 11 is 0. The predicted octanol–water partition coefficient (Wildman–Crippen LogP) is 4.03. The summed E-state index contributed by atoms with van der Waals surface area (Å²) in [6, 6.07) is 2.36. The van der Waals surface area contributed by atoms with E-state index in [2.05, 4.69) is 32.2 Å². The fraction of sp³-hybridized carbons (Fsp3) is 0.938. The molecule has 0 bridgehead atoms. The Labute approximate surface area is 119 Å². The molecule has 0 fully saturated rings. The molecule has 0 aliphatic rings. The number of rotatable bonds is 12. The maximum absolute atomic E-state index is 9.21. The highest BCUT2D eigenvalue weighted by Crippen LogP contribution is 2.12. The van der Waals surface area contributed by atoms with Crippen molar-refractivity contribution in [2.24, 2.45) is 0 Å². The third kappa shape index (κ3) is 9.92. The molecule has 0 rings (SSSR count). The number of hydrogen-bond acceptors (Lipinski definition) is 3. The molecule has 2 atom stereocenters. The van der Waals surface area contributed by atoms with Gasteiger partial charge in [0.2, 0.25) is 0 Å². The minimum absolute atomic E-state index is 0.311. The van der Waals surface area contributed by atoms with Gasteiger partial charge in [0, 0.05) is 13.0 Å². The van der Waals surface area contributed by atoms with E-state index in [-0.39, 0.29) is 0 Å². The first-order valence-electron chi connectivity index (χ1n) is 7.85. The predicted molar refractivity (Wildman–Crippen MR) is 81.1 cm³/mol. The molecule has 0 radical (unpaired) electrons. The van der Waals surface area contributed by atoms with Crippen LogP contribution in [-0.2, 0) is 4.74 Å². The summed E-state index contributed by atoms with van der Waals surface area (Å²) in [6.45, 7) is 9.98. The van der Waals surface area contributed by atoms with Crippen molar-refractivity contribution in [1.82, 2.24) is 5.32 Å². The zero-order chi connectivity index (χ0) is 14.6. The Hall–Kier alpha value is -0.590. The van der Waals surface area contributed by atoms with Crippen LogP contribution in [0.3, 0.4) is 0 Å². The average molecular weight is 268 g/mol. The Balaban J connectivity index is 3.72. The van der Waals surface area contributed by atoms with Crippen molar-refractivity contribution in [1.29, 1.82) is 5.26 Å². The van der Waals surface area contributed by atoms with Gasteiger partial charge in [0.25, 0.3) is 0 Å². The van der Waals surface area contributed by atoms with Crippen molar-refractivity contribution in [3.05, 3.63) is 0 Å². The molecule has 0 aromatic carbocycles. The number of ether oxygens (including phenoxy) is 1. The Kier molecular flexibility index (Phi) is 10.9. The van der Waals surface area contributed by atoms with E-state index in [1.54, 1.807) is 0 Å². The molecule has 2 unspecified atom stereocenters. The molecule has 0 aromatic heterocycles. The largest absolute Gasteiger partial charge is 0.378 e. The molecule has 0 amide bonds. The van der Waals surface area contributed by atoms with E-state index in [4.69, 9.17) is 4.74 Å². The summed E-state index contributed by atoms with van der Waals surface area (Å²) < 4.78 is 5.81. The average Bonchev–Trinajstić information content (AvgIpc) is 2.41. The number of nitriles is 1. The molecule has 0 saturated carbocycles. The van der Waals surface area contributed by atoms with Crippen LogP contribution < -0.4 is 5.32 Å².